The number of likely N-dealkylation sites (N-methyl/N-ethyl adjacent to an activating group) is 1. The molecule has 0 aromatic heterocycles. The third-order valence-corrected chi connectivity index (χ3v) is 10.8. The van der Waals surface area contributed by atoms with Crippen LogP contribution in [-0.2, 0) is 28.6 Å². The van der Waals surface area contributed by atoms with E-state index in [1.807, 2.05) is 21.1 Å². The molecule has 0 saturated heterocycles. The Bertz CT molecular complexity index is 1300. The smallest absolute Gasteiger partial charge is 0.362 e. The molecule has 0 aliphatic heterocycles. The largest absolute Gasteiger partial charge is 0.477 e. The van der Waals surface area contributed by atoms with Gasteiger partial charge in [0.1, 0.15) is 6.61 Å². The number of unbranched alkanes of at least 4 members (excludes halogenated alkanes) is 17. The number of carbonyl (C=O) groups excluding carboxylic acids is 2. The summed E-state index contributed by atoms with van der Waals surface area (Å²) in [5, 5.41) is 9.65. The van der Waals surface area contributed by atoms with Gasteiger partial charge in [0.15, 0.2) is 12.1 Å². The van der Waals surface area contributed by atoms with E-state index >= 15 is 0 Å². The van der Waals surface area contributed by atoms with Gasteiger partial charge in [-0.1, -0.05) is 170 Å². The maximum absolute atomic E-state index is 12.8. The molecule has 1 N–H and O–H groups in total. The lowest BCUT2D eigenvalue weighted by Gasteiger charge is -2.31. The van der Waals surface area contributed by atoms with Crippen molar-refractivity contribution in [1.82, 2.24) is 0 Å². The van der Waals surface area contributed by atoms with Crippen LogP contribution in [0.2, 0.25) is 0 Å². The number of carboxylic acid groups (broad SMARTS) is 1. The van der Waals surface area contributed by atoms with Gasteiger partial charge < -0.3 is 23.8 Å². The highest BCUT2D eigenvalue weighted by molar-refractivity contribution is 5.72. The number of hydrogen-bond donors (Lipinski definition) is 1. The van der Waals surface area contributed by atoms with Crippen molar-refractivity contribution in [1.29, 1.82) is 0 Å². The number of carboxylic acids is 1. The molecule has 63 heavy (non-hydrogen) atoms. The van der Waals surface area contributed by atoms with Gasteiger partial charge in [0, 0.05) is 19.3 Å². The van der Waals surface area contributed by atoms with Gasteiger partial charge >= 0.3 is 17.9 Å². The summed E-state index contributed by atoms with van der Waals surface area (Å²) in [5.74, 6) is -1.55. The quantitative estimate of drug-likeness (QED) is 0.0214. The van der Waals surface area contributed by atoms with Crippen LogP contribution in [0, 0.1) is 0 Å². The van der Waals surface area contributed by atoms with Crippen molar-refractivity contribution in [2.75, 3.05) is 41.0 Å². The molecule has 0 aliphatic rings. The Morgan fingerprint density at radius 2 is 0.889 bits per heavy atom. The van der Waals surface area contributed by atoms with Crippen LogP contribution in [0.5, 0.6) is 0 Å². The average molecular weight is 881 g/mol. The van der Waals surface area contributed by atoms with E-state index in [0.29, 0.717) is 25.7 Å². The Kier molecular flexibility index (Phi) is 42.6. The van der Waals surface area contributed by atoms with E-state index in [0.717, 1.165) is 83.5 Å². The van der Waals surface area contributed by atoms with E-state index in [-0.39, 0.29) is 36.2 Å². The second-order valence-corrected chi connectivity index (χ2v) is 17.7. The number of allylic oxidation sites excluding steroid dienone is 14. The number of hydrogen-bond acceptors (Lipinski definition) is 6. The summed E-state index contributed by atoms with van der Waals surface area (Å²) < 4.78 is 17.3. The molecule has 0 spiro atoms. The summed E-state index contributed by atoms with van der Waals surface area (Å²) in [4.78, 5) is 37.1. The Morgan fingerprint density at radius 1 is 0.492 bits per heavy atom. The number of ether oxygens (including phenoxy) is 3. The van der Waals surface area contributed by atoms with Gasteiger partial charge in [-0.3, -0.25) is 9.59 Å². The molecule has 0 bridgehead atoms. The molecule has 0 fully saturated rings. The molecule has 0 aromatic rings. The van der Waals surface area contributed by atoms with Crippen molar-refractivity contribution in [2.24, 2.45) is 0 Å². The first-order valence-corrected chi connectivity index (χ1v) is 25.1. The van der Waals surface area contributed by atoms with Crippen LogP contribution in [0.25, 0.3) is 0 Å². The maximum atomic E-state index is 12.8. The average Bonchev–Trinajstić information content (AvgIpc) is 3.24. The number of aliphatic carboxylic acids is 1. The highest BCUT2D eigenvalue weighted by Gasteiger charge is 2.31. The minimum Gasteiger partial charge on any atom is -0.477 e. The maximum Gasteiger partial charge on any atom is 0.362 e. The Balaban J connectivity index is 4.40. The first kappa shape index (κ1) is 59.5. The third-order valence-electron chi connectivity index (χ3n) is 10.8. The monoisotopic (exact) mass is 881 g/mol. The molecule has 0 amide bonds. The minimum atomic E-state index is -0.886. The Labute approximate surface area is 386 Å². The lowest BCUT2D eigenvalue weighted by Crippen LogP contribution is -2.50. The first-order chi connectivity index (χ1) is 30.6. The molecular formula is C55H94NO7+. The van der Waals surface area contributed by atoms with Crippen LogP contribution in [0.15, 0.2) is 85.1 Å². The predicted octanol–water partition coefficient (Wildman–Crippen LogP) is 14.5. The normalized spacial score (nSPS) is 13.6. The third kappa shape index (κ3) is 43.5. The van der Waals surface area contributed by atoms with Crippen molar-refractivity contribution in [3.05, 3.63) is 85.1 Å². The van der Waals surface area contributed by atoms with Gasteiger partial charge in [0.05, 0.1) is 34.4 Å². The second kappa shape index (κ2) is 45.1. The molecule has 2 atom stereocenters. The number of quaternary nitrogens is 1. The Morgan fingerprint density at radius 3 is 1.40 bits per heavy atom. The van der Waals surface area contributed by atoms with Gasteiger partial charge in [-0.25, -0.2) is 4.79 Å². The van der Waals surface area contributed by atoms with E-state index in [9.17, 15) is 19.5 Å². The molecular weight excluding hydrogens is 787 g/mol. The molecule has 0 rings (SSSR count). The van der Waals surface area contributed by atoms with Crippen molar-refractivity contribution in [3.8, 4) is 0 Å². The summed E-state index contributed by atoms with van der Waals surface area (Å²) in [5.41, 5.74) is 0. The van der Waals surface area contributed by atoms with Gasteiger partial charge in [-0.15, -0.1) is 0 Å². The van der Waals surface area contributed by atoms with Crippen molar-refractivity contribution < 1.29 is 38.2 Å². The van der Waals surface area contributed by atoms with Crippen LogP contribution in [0.4, 0.5) is 0 Å². The fraction of sp³-hybridized carbons (Fsp3) is 0.691. The number of nitrogens with zero attached hydrogens (tertiary/aromatic N) is 1. The van der Waals surface area contributed by atoms with Crippen LogP contribution in [0.1, 0.15) is 194 Å². The van der Waals surface area contributed by atoms with Crippen LogP contribution in [-0.4, -0.2) is 80.6 Å². The molecule has 0 heterocycles. The molecule has 0 aliphatic carbocycles. The summed E-state index contributed by atoms with van der Waals surface area (Å²) in [6.45, 7) is 4.64. The second-order valence-electron chi connectivity index (χ2n) is 17.7. The van der Waals surface area contributed by atoms with E-state index in [1.54, 1.807) is 0 Å². The lowest BCUT2D eigenvalue weighted by molar-refractivity contribution is -0.887. The zero-order valence-corrected chi connectivity index (χ0v) is 41.0. The van der Waals surface area contributed by atoms with E-state index in [2.05, 4.69) is 98.9 Å². The molecule has 0 radical (unpaired) electrons. The van der Waals surface area contributed by atoms with Gasteiger partial charge in [0.2, 0.25) is 0 Å². The SMILES string of the molecule is CCCCC/C=C/C/C=C/C/C=C/C/C=C/C/C=C/CCCCC(=O)OCC(COCCC(C(=O)O)[N+](C)(C)C)OC(=O)CCCCCCC/C=C/C=C/CCCCCCCCC. The molecule has 8 heteroatoms. The predicted molar refractivity (Wildman–Crippen MR) is 266 cm³/mol. The van der Waals surface area contributed by atoms with Gasteiger partial charge in [0.25, 0.3) is 0 Å². The molecule has 8 nitrogen and oxygen atoms in total. The summed E-state index contributed by atoms with van der Waals surface area (Å²) >= 11 is 0. The molecule has 0 aromatic carbocycles. The number of carbonyl (C=O) groups is 3. The van der Waals surface area contributed by atoms with Crippen LogP contribution in [0.3, 0.4) is 0 Å². The van der Waals surface area contributed by atoms with E-state index in [4.69, 9.17) is 14.2 Å². The van der Waals surface area contributed by atoms with Crippen LogP contribution < -0.4 is 0 Å². The standard InChI is InChI=1S/C55H93NO7/c1-6-8-10-12-14-16-18-20-22-24-26-27-28-30-31-33-35-37-39-41-43-45-53(57)62-50-51(49-61-48-47-52(55(59)60)56(3,4)5)63-54(58)46-44-42-40-38-36-34-32-29-25-23-21-19-17-15-13-11-9-7-2/h14,16,20,22-23,25-27,29-32,35,37,51-52H,6-13,15,17-19,21,24,28,33-34,36,38-50H2,1-5H3/p+1/b16-14+,22-20+,25-23+,27-26+,31-30+,32-29+,37-35+. The summed E-state index contributed by atoms with van der Waals surface area (Å²) in [6, 6.07) is -0.629. The lowest BCUT2D eigenvalue weighted by atomic mass is 10.1. The summed E-state index contributed by atoms with van der Waals surface area (Å²) in [6.07, 6.45) is 59.2. The molecule has 0 saturated carbocycles. The van der Waals surface area contributed by atoms with Crippen molar-refractivity contribution in [3.63, 3.8) is 0 Å². The molecule has 360 valence electrons. The fourth-order valence-corrected chi connectivity index (χ4v) is 6.87. The first-order valence-electron chi connectivity index (χ1n) is 25.1. The fourth-order valence-electron chi connectivity index (χ4n) is 6.87. The topological polar surface area (TPSA) is 99.1 Å². The zero-order valence-electron chi connectivity index (χ0n) is 41.0. The molecule has 2 unspecified atom stereocenters. The number of esters is 2. The highest BCUT2D eigenvalue weighted by atomic mass is 16.6. The highest BCUT2D eigenvalue weighted by Crippen LogP contribution is 2.13. The van der Waals surface area contributed by atoms with E-state index in [1.165, 1.54) is 70.6 Å². The van der Waals surface area contributed by atoms with Gasteiger partial charge in [-0.05, 0) is 89.9 Å². The zero-order chi connectivity index (χ0) is 46.3. The number of rotatable bonds is 44. The van der Waals surface area contributed by atoms with Crippen molar-refractivity contribution in [2.45, 2.75) is 206 Å². The minimum absolute atomic E-state index is 0.0363. The van der Waals surface area contributed by atoms with E-state index < -0.39 is 18.1 Å². The van der Waals surface area contributed by atoms with Crippen molar-refractivity contribution >= 4 is 17.9 Å². The van der Waals surface area contributed by atoms with Crippen LogP contribution >= 0.6 is 0 Å². The Hall–Kier alpha value is -3.49. The van der Waals surface area contributed by atoms with Gasteiger partial charge in [-0.2, -0.15) is 0 Å². The summed E-state index contributed by atoms with van der Waals surface area (Å²) in [7, 11) is 5.51.